The third-order valence-corrected chi connectivity index (χ3v) is 6.32. The maximum Gasteiger partial charge on any atom is 0.337 e. The van der Waals surface area contributed by atoms with Crippen LogP contribution in [-0.2, 0) is 34.3 Å². The summed E-state index contributed by atoms with van der Waals surface area (Å²) in [5.41, 5.74) is 0.830. The molecule has 11 nitrogen and oxygen atoms in total. The van der Waals surface area contributed by atoms with E-state index in [1.54, 1.807) is 49.4 Å². The van der Waals surface area contributed by atoms with Gasteiger partial charge in [0, 0.05) is 14.2 Å². The number of carboxylic acid groups (broad SMARTS) is 1. The molecule has 2 rings (SSSR count). The van der Waals surface area contributed by atoms with Crippen LogP contribution in [0.5, 0.6) is 17.2 Å². The molecule has 39 heavy (non-hydrogen) atoms. The first-order chi connectivity index (χ1) is 18.7. The Balaban J connectivity index is 2.50. The zero-order valence-corrected chi connectivity index (χ0v) is 23.1. The van der Waals surface area contributed by atoms with Gasteiger partial charge in [0.25, 0.3) is 0 Å². The Morgan fingerprint density at radius 3 is 2.08 bits per heavy atom. The lowest BCUT2D eigenvalue weighted by Crippen LogP contribution is -2.43. The summed E-state index contributed by atoms with van der Waals surface area (Å²) in [6.07, 6.45) is 0.0439. The molecule has 214 valence electrons. The zero-order chi connectivity index (χ0) is 29.0. The van der Waals surface area contributed by atoms with Crippen molar-refractivity contribution in [2.24, 2.45) is 11.8 Å². The molecule has 0 bridgehead atoms. The van der Waals surface area contributed by atoms with Gasteiger partial charge in [0.15, 0.2) is 17.4 Å². The molecule has 0 aliphatic carbocycles. The van der Waals surface area contributed by atoms with Gasteiger partial charge in [-0.1, -0.05) is 6.07 Å². The van der Waals surface area contributed by atoms with Gasteiger partial charge in [-0.2, -0.15) is 0 Å². The minimum atomic E-state index is -1.50. The summed E-state index contributed by atoms with van der Waals surface area (Å²) in [5.74, 6) is -4.95. The maximum absolute atomic E-state index is 12.4. The number of carbonyl (C=O) groups excluding carboxylic acids is 2. The van der Waals surface area contributed by atoms with Crippen molar-refractivity contribution in [2.45, 2.75) is 25.6 Å². The highest BCUT2D eigenvalue weighted by Crippen LogP contribution is 2.45. The molecule has 0 saturated carbocycles. The van der Waals surface area contributed by atoms with E-state index >= 15 is 0 Å². The first-order valence-electron chi connectivity index (χ1n) is 12.2. The summed E-state index contributed by atoms with van der Waals surface area (Å²) in [5, 5.41) is 9.70. The van der Waals surface area contributed by atoms with Crippen LogP contribution >= 0.6 is 0 Å². The first-order valence-corrected chi connectivity index (χ1v) is 12.2. The molecule has 0 spiro atoms. The van der Waals surface area contributed by atoms with E-state index in [-0.39, 0.29) is 26.1 Å². The number of carbonyl (C=O) groups is 3. The molecule has 2 atom stereocenters. The van der Waals surface area contributed by atoms with E-state index in [4.69, 9.17) is 33.2 Å². The summed E-state index contributed by atoms with van der Waals surface area (Å²) in [7, 11) is 7.16. The number of hydrogen-bond donors (Lipinski definition) is 1. The van der Waals surface area contributed by atoms with Crippen molar-refractivity contribution in [3.8, 4) is 17.2 Å². The van der Waals surface area contributed by atoms with Crippen LogP contribution in [0.25, 0.3) is 0 Å². The van der Waals surface area contributed by atoms with E-state index in [9.17, 15) is 19.5 Å². The molecule has 0 saturated heterocycles. The second kappa shape index (κ2) is 14.9. The highest BCUT2D eigenvalue weighted by atomic mass is 16.7. The predicted molar refractivity (Wildman–Crippen MR) is 139 cm³/mol. The topological polar surface area (TPSA) is 136 Å². The average molecular weight is 549 g/mol. The van der Waals surface area contributed by atoms with Crippen LogP contribution in [0.4, 0.5) is 0 Å². The fraction of sp³-hybridized carbons (Fsp3) is 0.464. The number of methoxy groups -OCH3 is 5. The molecule has 0 heterocycles. The summed E-state index contributed by atoms with van der Waals surface area (Å²) >= 11 is 0. The quantitative estimate of drug-likeness (QED) is 0.187. The molecule has 0 aromatic heterocycles. The summed E-state index contributed by atoms with van der Waals surface area (Å²) in [4.78, 5) is 36.0. The van der Waals surface area contributed by atoms with Crippen LogP contribution in [0.1, 0.15) is 35.7 Å². The van der Waals surface area contributed by atoms with Gasteiger partial charge < -0.3 is 38.3 Å². The normalized spacial score (nSPS) is 12.7. The monoisotopic (exact) mass is 548 g/mol. The zero-order valence-electron chi connectivity index (χ0n) is 23.1. The number of esters is 2. The Bertz CT molecular complexity index is 1090. The van der Waals surface area contributed by atoms with Crippen molar-refractivity contribution in [3.05, 3.63) is 53.6 Å². The van der Waals surface area contributed by atoms with Crippen molar-refractivity contribution in [3.63, 3.8) is 0 Å². The first kappa shape index (κ1) is 31.4. The van der Waals surface area contributed by atoms with E-state index in [0.717, 1.165) is 0 Å². The Kier molecular flexibility index (Phi) is 12.0. The van der Waals surface area contributed by atoms with E-state index in [1.165, 1.54) is 35.5 Å². The smallest absolute Gasteiger partial charge is 0.337 e. The highest BCUT2D eigenvalue weighted by molar-refractivity contribution is 5.93. The third-order valence-electron chi connectivity index (χ3n) is 6.32. The molecule has 2 aromatic carbocycles. The van der Waals surface area contributed by atoms with Crippen molar-refractivity contribution >= 4 is 17.9 Å². The number of ether oxygens (including phenoxy) is 7. The molecule has 0 amide bonds. The third kappa shape index (κ3) is 7.39. The summed E-state index contributed by atoms with van der Waals surface area (Å²) in [6.45, 7) is 1.64. The van der Waals surface area contributed by atoms with Gasteiger partial charge >= 0.3 is 17.9 Å². The average Bonchev–Trinajstić information content (AvgIpc) is 2.95. The molecular weight excluding hydrogens is 512 g/mol. The second-order valence-electron chi connectivity index (χ2n) is 8.36. The SMILES string of the molecule is CCOC(=O)C(CCC(COc1ccc(C(=O)OC)cc1)C(OC)(OC)c1cccc(OC)c1OC)C(=O)O. The van der Waals surface area contributed by atoms with Crippen LogP contribution in [0.2, 0.25) is 0 Å². The fourth-order valence-corrected chi connectivity index (χ4v) is 4.36. The lowest BCUT2D eigenvalue weighted by atomic mass is 9.85. The minimum absolute atomic E-state index is 0.0191. The fourth-order valence-electron chi connectivity index (χ4n) is 4.36. The van der Waals surface area contributed by atoms with Crippen LogP contribution in [0.3, 0.4) is 0 Å². The minimum Gasteiger partial charge on any atom is -0.493 e. The van der Waals surface area contributed by atoms with Gasteiger partial charge in [0.1, 0.15) is 5.75 Å². The van der Waals surface area contributed by atoms with E-state index in [1.807, 2.05) is 0 Å². The Morgan fingerprint density at radius 2 is 1.56 bits per heavy atom. The predicted octanol–water partition coefficient (Wildman–Crippen LogP) is 3.68. The van der Waals surface area contributed by atoms with Crippen LogP contribution in [0, 0.1) is 11.8 Å². The van der Waals surface area contributed by atoms with E-state index in [0.29, 0.717) is 28.4 Å². The van der Waals surface area contributed by atoms with Crippen molar-refractivity contribution < 1.29 is 52.6 Å². The molecule has 0 aliphatic rings. The Morgan fingerprint density at radius 1 is 0.897 bits per heavy atom. The molecule has 0 fully saturated rings. The molecule has 2 aromatic rings. The number of hydrogen-bond acceptors (Lipinski definition) is 10. The van der Waals surface area contributed by atoms with Gasteiger partial charge in [-0.25, -0.2) is 4.79 Å². The van der Waals surface area contributed by atoms with Crippen LogP contribution in [0.15, 0.2) is 42.5 Å². The Labute approximate surface area is 227 Å². The molecular formula is C28H36O11. The van der Waals surface area contributed by atoms with Gasteiger partial charge in [-0.15, -0.1) is 0 Å². The van der Waals surface area contributed by atoms with Gasteiger partial charge in [0.2, 0.25) is 5.79 Å². The lowest BCUT2D eigenvalue weighted by molar-refractivity contribution is -0.257. The van der Waals surface area contributed by atoms with Gasteiger partial charge in [0.05, 0.1) is 51.6 Å². The summed E-state index contributed by atoms with van der Waals surface area (Å²) < 4.78 is 38.8. The molecule has 1 N–H and O–H groups in total. The number of benzene rings is 2. The van der Waals surface area contributed by atoms with Crippen LogP contribution < -0.4 is 14.2 Å². The number of para-hydroxylation sites is 1. The standard InChI is InChI=1S/C28H36O11/c1-7-38-27(32)21(25(29)30)16-13-19(17-39-20-14-11-18(12-15-20)26(31)35-4)28(36-5,37-6)22-9-8-10-23(33-2)24(22)34-3/h8-12,14-15,19,21H,7,13,16-17H2,1-6H3,(H,29,30). The Hall–Kier alpha value is -3.83. The second-order valence-corrected chi connectivity index (χ2v) is 8.36. The largest absolute Gasteiger partial charge is 0.493 e. The van der Waals surface area contributed by atoms with Crippen molar-refractivity contribution in [2.75, 3.05) is 48.8 Å². The van der Waals surface area contributed by atoms with Gasteiger partial charge in [-0.3, -0.25) is 9.59 Å². The number of aliphatic carboxylic acids is 1. The maximum atomic E-state index is 12.4. The van der Waals surface area contributed by atoms with E-state index < -0.39 is 35.5 Å². The van der Waals surface area contributed by atoms with Gasteiger partial charge in [-0.05, 0) is 56.2 Å². The van der Waals surface area contributed by atoms with E-state index in [2.05, 4.69) is 0 Å². The number of rotatable bonds is 16. The summed E-state index contributed by atoms with van der Waals surface area (Å²) in [6, 6.07) is 11.5. The van der Waals surface area contributed by atoms with Crippen LogP contribution in [-0.4, -0.2) is 71.8 Å². The molecule has 0 radical (unpaired) electrons. The number of carboxylic acids is 1. The lowest BCUT2D eigenvalue weighted by Gasteiger charge is -2.39. The van der Waals surface area contributed by atoms with Crippen molar-refractivity contribution in [1.82, 2.24) is 0 Å². The molecule has 0 aliphatic heterocycles. The molecule has 2 unspecified atom stereocenters. The van der Waals surface area contributed by atoms with Crippen molar-refractivity contribution in [1.29, 1.82) is 0 Å². The molecule has 11 heteroatoms. The highest BCUT2D eigenvalue weighted by Gasteiger charge is 2.45.